The van der Waals surface area contributed by atoms with Gasteiger partial charge in [-0.1, -0.05) is 5.21 Å². The van der Waals surface area contributed by atoms with Crippen molar-refractivity contribution in [3.63, 3.8) is 0 Å². The quantitative estimate of drug-likeness (QED) is 0.796. The van der Waals surface area contributed by atoms with E-state index in [1.165, 1.54) is 12.1 Å². The minimum absolute atomic E-state index is 0.302. The molecule has 0 unspecified atom stereocenters. The van der Waals surface area contributed by atoms with Crippen LogP contribution >= 0.6 is 27.5 Å². The lowest BCUT2D eigenvalue weighted by Gasteiger charge is -2.06. The molecule has 0 saturated carbocycles. The Morgan fingerprint density at radius 1 is 1.47 bits per heavy atom. The van der Waals surface area contributed by atoms with Gasteiger partial charge in [0.2, 0.25) is 0 Å². The molecule has 78 valence electrons. The van der Waals surface area contributed by atoms with Gasteiger partial charge < -0.3 is 0 Å². The maximum atomic E-state index is 12.9. The lowest BCUT2D eigenvalue weighted by atomic mass is 10.3. The number of halogens is 3. The second kappa shape index (κ2) is 4.28. The number of hydrogen-bond acceptors (Lipinski definition) is 2. The fourth-order valence-electron chi connectivity index (χ4n) is 1.20. The van der Waals surface area contributed by atoms with Crippen molar-refractivity contribution >= 4 is 27.5 Å². The average Bonchev–Trinajstić information content (AvgIpc) is 2.65. The molecule has 0 aliphatic rings. The first-order chi connectivity index (χ1) is 7.22. The summed E-state index contributed by atoms with van der Waals surface area (Å²) < 4.78 is 15.0. The molecule has 0 fully saturated rings. The Hall–Kier alpha value is -0.940. The molecule has 15 heavy (non-hydrogen) atoms. The molecule has 0 spiro atoms. The summed E-state index contributed by atoms with van der Waals surface area (Å²) in [6.07, 6.45) is 1.57. The zero-order valence-corrected chi connectivity index (χ0v) is 9.83. The summed E-state index contributed by atoms with van der Waals surface area (Å²) in [5.41, 5.74) is 1.47. The molecule has 0 bridgehead atoms. The smallest absolute Gasteiger partial charge is 0.124 e. The first-order valence-electron chi connectivity index (χ1n) is 4.13. The zero-order chi connectivity index (χ0) is 10.8. The third-order valence-electron chi connectivity index (χ3n) is 1.89. The molecule has 0 aliphatic heterocycles. The largest absolute Gasteiger partial charge is 0.215 e. The highest BCUT2D eigenvalue weighted by Crippen LogP contribution is 2.22. The summed E-state index contributed by atoms with van der Waals surface area (Å²) in [5, 5.41) is 7.62. The van der Waals surface area contributed by atoms with Crippen molar-refractivity contribution in [2.24, 2.45) is 0 Å². The maximum Gasteiger partial charge on any atom is 0.124 e. The molecule has 6 heteroatoms. The van der Waals surface area contributed by atoms with Crippen LogP contribution in [0.15, 0.2) is 28.9 Å². The van der Waals surface area contributed by atoms with Gasteiger partial charge in [0.05, 0.1) is 23.5 Å². The van der Waals surface area contributed by atoms with Crippen molar-refractivity contribution in [3.8, 4) is 5.69 Å². The molecule has 2 aromatic rings. The summed E-state index contributed by atoms with van der Waals surface area (Å²) >= 11 is 8.98. The van der Waals surface area contributed by atoms with Crippen LogP contribution in [0.4, 0.5) is 4.39 Å². The minimum Gasteiger partial charge on any atom is -0.215 e. The number of benzene rings is 1. The van der Waals surface area contributed by atoms with Crippen molar-refractivity contribution in [3.05, 3.63) is 40.4 Å². The third-order valence-corrected chi connectivity index (χ3v) is 2.80. The van der Waals surface area contributed by atoms with E-state index in [1.807, 2.05) is 0 Å². The molecule has 1 heterocycles. The van der Waals surface area contributed by atoms with Gasteiger partial charge in [-0.2, -0.15) is 0 Å². The molecule has 3 nitrogen and oxygen atoms in total. The Labute approximate surface area is 99.0 Å². The number of alkyl halides is 1. The first-order valence-corrected chi connectivity index (χ1v) is 5.46. The fraction of sp³-hybridized carbons (Fsp3) is 0.111. The number of hydrogen-bond donors (Lipinski definition) is 0. The van der Waals surface area contributed by atoms with E-state index in [4.69, 9.17) is 11.6 Å². The van der Waals surface area contributed by atoms with Gasteiger partial charge in [-0.15, -0.1) is 16.7 Å². The van der Waals surface area contributed by atoms with Crippen LogP contribution in [0.2, 0.25) is 0 Å². The Balaban J connectivity index is 2.54. The van der Waals surface area contributed by atoms with Crippen LogP contribution in [0.1, 0.15) is 5.69 Å². The standard InChI is InChI=1S/C9H6BrClFN3/c10-8-3-6(12)1-2-9(8)15-7(4-11)5-13-14-15/h1-3,5H,4H2. The van der Waals surface area contributed by atoms with Crippen LogP contribution in [0.3, 0.4) is 0 Å². The predicted octanol–water partition coefficient (Wildman–Crippen LogP) is 2.91. The lowest BCUT2D eigenvalue weighted by Crippen LogP contribution is -2.01. The molecule has 0 radical (unpaired) electrons. The third kappa shape index (κ3) is 2.03. The van der Waals surface area contributed by atoms with E-state index in [-0.39, 0.29) is 5.82 Å². The molecule has 1 aromatic heterocycles. The van der Waals surface area contributed by atoms with Crippen LogP contribution < -0.4 is 0 Å². The van der Waals surface area contributed by atoms with Gasteiger partial charge in [-0.3, -0.25) is 0 Å². The first kappa shape index (κ1) is 10.6. The topological polar surface area (TPSA) is 30.7 Å². The Morgan fingerprint density at radius 3 is 2.93 bits per heavy atom. The van der Waals surface area contributed by atoms with E-state index in [0.717, 1.165) is 5.69 Å². The van der Waals surface area contributed by atoms with E-state index in [2.05, 4.69) is 26.2 Å². The van der Waals surface area contributed by atoms with Crippen molar-refractivity contribution in [2.75, 3.05) is 0 Å². The molecule has 0 aliphatic carbocycles. The second-order valence-electron chi connectivity index (χ2n) is 2.87. The summed E-state index contributed by atoms with van der Waals surface area (Å²) in [6, 6.07) is 4.35. The predicted molar refractivity (Wildman–Crippen MR) is 58.6 cm³/mol. The summed E-state index contributed by atoms with van der Waals surface area (Å²) in [7, 11) is 0. The monoisotopic (exact) mass is 289 g/mol. The Morgan fingerprint density at radius 2 is 2.27 bits per heavy atom. The number of rotatable bonds is 2. The van der Waals surface area contributed by atoms with Crippen molar-refractivity contribution < 1.29 is 4.39 Å². The van der Waals surface area contributed by atoms with Crippen molar-refractivity contribution in [2.45, 2.75) is 5.88 Å². The lowest BCUT2D eigenvalue weighted by molar-refractivity contribution is 0.625. The Kier molecular flexibility index (Phi) is 3.02. The van der Waals surface area contributed by atoms with Crippen LogP contribution in [-0.4, -0.2) is 15.0 Å². The van der Waals surface area contributed by atoms with Crippen LogP contribution in [0, 0.1) is 5.82 Å². The normalized spacial score (nSPS) is 10.6. The van der Waals surface area contributed by atoms with Gasteiger partial charge in [-0.25, -0.2) is 9.07 Å². The highest BCUT2D eigenvalue weighted by molar-refractivity contribution is 9.10. The highest BCUT2D eigenvalue weighted by atomic mass is 79.9. The molecule has 2 rings (SSSR count). The molecule has 0 saturated heterocycles. The van der Waals surface area contributed by atoms with Crippen molar-refractivity contribution in [1.82, 2.24) is 15.0 Å². The van der Waals surface area contributed by atoms with Gasteiger partial charge >= 0.3 is 0 Å². The van der Waals surface area contributed by atoms with E-state index in [1.54, 1.807) is 16.9 Å². The molecule has 0 amide bonds. The summed E-state index contributed by atoms with van der Waals surface area (Å²) in [6.45, 7) is 0. The summed E-state index contributed by atoms with van der Waals surface area (Å²) in [5.74, 6) is -0.00486. The van der Waals surface area contributed by atoms with E-state index in [9.17, 15) is 4.39 Å². The molecule has 1 aromatic carbocycles. The minimum atomic E-state index is -0.307. The number of nitrogens with zero attached hydrogens (tertiary/aromatic N) is 3. The van der Waals surface area contributed by atoms with E-state index < -0.39 is 0 Å². The molecular weight excluding hydrogens is 284 g/mol. The van der Waals surface area contributed by atoms with Gasteiger partial charge in [0, 0.05) is 4.47 Å². The van der Waals surface area contributed by atoms with Gasteiger partial charge in [-0.05, 0) is 34.1 Å². The molecule has 0 atom stereocenters. The van der Waals surface area contributed by atoms with Gasteiger partial charge in [0.25, 0.3) is 0 Å². The summed E-state index contributed by atoms with van der Waals surface area (Å²) in [4.78, 5) is 0. The maximum absolute atomic E-state index is 12.9. The number of aromatic nitrogens is 3. The van der Waals surface area contributed by atoms with Crippen LogP contribution in [0.25, 0.3) is 5.69 Å². The zero-order valence-electron chi connectivity index (χ0n) is 7.49. The van der Waals surface area contributed by atoms with Gasteiger partial charge in [0.1, 0.15) is 5.82 Å². The molecule has 0 N–H and O–H groups in total. The van der Waals surface area contributed by atoms with Crippen LogP contribution in [-0.2, 0) is 5.88 Å². The molecular formula is C9H6BrClFN3. The van der Waals surface area contributed by atoms with Gasteiger partial charge in [0.15, 0.2) is 0 Å². The van der Waals surface area contributed by atoms with Crippen LogP contribution in [0.5, 0.6) is 0 Å². The fourth-order valence-corrected chi connectivity index (χ4v) is 1.90. The highest BCUT2D eigenvalue weighted by Gasteiger charge is 2.08. The van der Waals surface area contributed by atoms with E-state index in [0.29, 0.717) is 16.0 Å². The SMILES string of the molecule is Fc1ccc(-n2nncc2CCl)c(Br)c1. The average molecular weight is 291 g/mol. The van der Waals surface area contributed by atoms with E-state index >= 15 is 0 Å². The van der Waals surface area contributed by atoms with Crippen molar-refractivity contribution in [1.29, 1.82) is 0 Å². The Bertz CT molecular complexity index is 486. The second-order valence-corrected chi connectivity index (χ2v) is 3.99.